The number of ketones is 1. The molecule has 0 amide bonds. The highest BCUT2D eigenvalue weighted by Gasteiger charge is 2.55. The molecule has 9 heteroatoms. The predicted octanol–water partition coefficient (Wildman–Crippen LogP) is 1.65. The first-order chi connectivity index (χ1) is 10.6. The van der Waals surface area contributed by atoms with Crippen LogP contribution in [0, 0.1) is 41.3 Å². The van der Waals surface area contributed by atoms with E-state index < -0.39 is 58.2 Å². The van der Waals surface area contributed by atoms with Crippen LogP contribution in [0.2, 0.25) is 0 Å². The quantitative estimate of drug-likeness (QED) is 0.763. The van der Waals surface area contributed by atoms with Gasteiger partial charge in [0, 0.05) is 0 Å². The highest BCUT2D eigenvalue weighted by atomic mass is 19.4. The molecule has 1 aliphatic carbocycles. The van der Waals surface area contributed by atoms with Crippen molar-refractivity contribution in [2.24, 2.45) is 5.92 Å². The second kappa shape index (κ2) is 5.30. The molecule has 0 bridgehead atoms. The molecule has 0 saturated carbocycles. The lowest BCUT2D eigenvalue weighted by atomic mass is 9.92. The Balaban J connectivity index is 2.76. The van der Waals surface area contributed by atoms with E-state index in [4.69, 9.17) is 10.5 Å². The maximum Gasteiger partial charge on any atom is 0.415 e. The van der Waals surface area contributed by atoms with Gasteiger partial charge in [-0.3, -0.25) is 4.79 Å². The van der Waals surface area contributed by atoms with Gasteiger partial charge in [-0.25, -0.2) is 4.39 Å². The topological polar surface area (TPSA) is 105 Å². The number of nitrogens with zero attached hydrogens (tertiary/aromatic N) is 2. The van der Waals surface area contributed by atoms with E-state index in [1.54, 1.807) is 0 Å². The fourth-order valence-corrected chi connectivity index (χ4v) is 2.73. The van der Waals surface area contributed by atoms with Gasteiger partial charge >= 0.3 is 6.18 Å². The van der Waals surface area contributed by atoms with Crippen LogP contribution in [0.1, 0.15) is 38.7 Å². The average molecular weight is 328 g/mol. The molecule has 3 atom stereocenters. The van der Waals surface area contributed by atoms with Crippen LogP contribution >= 0.6 is 0 Å². The molecule has 5 nitrogen and oxygen atoms in total. The Kier molecular flexibility index (Phi) is 3.89. The minimum atomic E-state index is -5.20. The van der Waals surface area contributed by atoms with E-state index in [1.165, 1.54) is 19.1 Å². The fraction of sp³-hybridized carbons (Fsp3) is 0.357. The molecule has 0 heterocycles. The molecule has 0 aromatic heterocycles. The van der Waals surface area contributed by atoms with Crippen LogP contribution in [0.25, 0.3) is 0 Å². The third kappa shape index (κ3) is 2.25. The summed E-state index contributed by atoms with van der Waals surface area (Å²) >= 11 is 0. The van der Waals surface area contributed by atoms with Crippen LogP contribution in [0.3, 0.4) is 0 Å². The molecule has 0 aliphatic heterocycles. The first-order valence-electron chi connectivity index (χ1n) is 6.21. The monoisotopic (exact) mass is 328 g/mol. The Morgan fingerprint density at radius 1 is 1.22 bits per heavy atom. The number of carbonyl (C=O) groups is 1. The SMILES string of the molecule is Cc1c(C#N)c(C#N)c(F)c2c1C(O)C(C(O)C(F)(F)F)C2=O. The third-order valence-electron chi connectivity index (χ3n) is 3.82. The molecular weight excluding hydrogens is 320 g/mol. The van der Waals surface area contributed by atoms with Gasteiger partial charge in [0.05, 0.1) is 23.1 Å². The van der Waals surface area contributed by atoms with Crippen molar-refractivity contribution < 1.29 is 32.6 Å². The standard InChI is InChI=1S/C14H8F4N2O3/c1-4-5(2-19)6(3-20)10(15)8-7(4)11(21)9(12(8)22)13(23)14(16,17)18/h9,11,13,21,23H,1H3. The number of halogens is 4. The fourth-order valence-electron chi connectivity index (χ4n) is 2.73. The number of aliphatic hydroxyl groups is 2. The number of rotatable bonds is 1. The Morgan fingerprint density at radius 3 is 2.17 bits per heavy atom. The number of aliphatic hydroxyl groups excluding tert-OH is 2. The summed E-state index contributed by atoms with van der Waals surface area (Å²) in [7, 11) is 0. The van der Waals surface area contributed by atoms with E-state index >= 15 is 0 Å². The summed E-state index contributed by atoms with van der Waals surface area (Å²) in [4.78, 5) is 12.1. The maximum atomic E-state index is 14.3. The molecule has 1 aromatic carbocycles. The zero-order valence-corrected chi connectivity index (χ0v) is 11.4. The lowest BCUT2D eigenvalue weighted by Gasteiger charge is -2.22. The summed E-state index contributed by atoms with van der Waals surface area (Å²) in [5, 5.41) is 37.1. The third-order valence-corrected chi connectivity index (χ3v) is 3.82. The first kappa shape index (κ1) is 16.9. The highest BCUT2D eigenvalue weighted by Crippen LogP contribution is 2.45. The van der Waals surface area contributed by atoms with E-state index in [2.05, 4.69) is 0 Å². The summed E-state index contributed by atoms with van der Waals surface area (Å²) in [6.45, 7) is 1.18. The van der Waals surface area contributed by atoms with Crippen molar-refractivity contribution in [2.75, 3.05) is 0 Å². The second-order valence-corrected chi connectivity index (χ2v) is 5.02. The van der Waals surface area contributed by atoms with Crippen LogP contribution in [-0.2, 0) is 0 Å². The molecule has 3 unspecified atom stereocenters. The smallest absolute Gasteiger partial charge is 0.387 e. The summed E-state index contributed by atoms with van der Waals surface area (Å²) in [6, 6.07) is 2.90. The average Bonchev–Trinajstić information content (AvgIpc) is 2.72. The molecule has 1 aliphatic rings. The van der Waals surface area contributed by atoms with Crippen LogP contribution in [-0.4, -0.2) is 28.3 Å². The molecule has 23 heavy (non-hydrogen) atoms. The number of Topliss-reactive ketones (excluding diaryl/α,β-unsaturated/α-hetero) is 1. The Hall–Kier alpha value is -2.49. The van der Waals surface area contributed by atoms with Gasteiger partial charge in [-0.15, -0.1) is 0 Å². The Bertz CT molecular complexity index is 789. The zero-order valence-electron chi connectivity index (χ0n) is 11.4. The lowest BCUT2D eigenvalue weighted by molar-refractivity contribution is -0.221. The van der Waals surface area contributed by atoms with Crippen molar-refractivity contribution in [1.82, 2.24) is 0 Å². The molecule has 0 radical (unpaired) electrons. The van der Waals surface area contributed by atoms with Crippen LogP contribution < -0.4 is 0 Å². The lowest BCUT2D eigenvalue weighted by Crippen LogP contribution is -2.40. The number of carbonyl (C=O) groups excluding carboxylic acids is 1. The normalized spacial score (nSPS) is 21.5. The molecule has 0 fully saturated rings. The van der Waals surface area contributed by atoms with Crippen molar-refractivity contribution in [1.29, 1.82) is 10.5 Å². The number of hydrogen-bond donors (Lipinski definition) is 2. The van der Waals surface area contributed by atoms with Gasteiger partial charge < -0.3 is 10.2 Å². The zero-order chi connectivity index (χ0) is 17.7. The summed E-state index contributed by atoms with van der Waals surface area (Å²) < 4.78 is 52.2. The number of hydrogen-bond acceptors (Lipinski definition) is 5. The van der Waals surface area contributed by atoms with Crippen LogP contribution in [0.4, 0.5) is 17.6 Å². The van der Waals surface area contributed by atoms with E-state index in [0.717, 1.165) is 0 Å². The molecule has 2 N–H and O–H groups in total. The second-order valence-electron chi connectivity index (χ2n) is 5.02. The predicted molar refractivity (Wildman–Crippen MR) is 65.4 cm³/mol. The minimum absolute atomic E-state index is 0.168. The summed E-state index contributed by atoms with van der Waals surface area (Å²) in [5.41, 5.74) is -2.82. The van der Waals surface area contributed by atoms with Gasteiger partial charge in [0.15, 0.2) is 17.7 Å². The van der Waals surface area contributed by atoms with E-state index in [9.17, 15) is 32.6 Å². The van der Waals surface area contributed by atoms with Crippen molar-refractivity contribution in [3.63, 3.8) is 0 Å². The molecule has 120 valence electrons. The summed E-state index contributed by atoms with van der Waals surface area (Å²) in [5.74, 6) is -5.27. The van der Waals surface area contributed by atoms with Gasteiger partial charge in [-0.2, -0.15) is 23.7 Å². The maximum absolute atomic E-state index is 14.3. The Labute approximate surface area is 127 Å². The van der Waals surface area contributed by atoms with Crippen molar-refractivity contribution >= 4 is 5.78 Å². The molecule has 0 spiro atoms. The van der Waals surface area contributed by atoms with Crippen molar-refractivity contribution in [3.05, 3.63) is 33.6 Å². The van der Waals surface area contributed by atoms with Gasteiger partial charge in [-0.1, -0.05) is 0 Å². The van der Waals surface area contributed by atoms with Crippen molar-refractivity contribution in [3.8, 4) is 12.1 Å². The minimum Gasteiger partial charge on any atom is -0.387 e. The highest BCUT2D eigenvalue weighted by molar-refractivity contribution is 6.04. The van der Waals surface area contributed by atoms with Gasteiger partial charge in [0.25, 0.3) is 0 Å². The number of benzene rings is 1. The first-order valence-corrected chi connectivity index (χ1v) is 6.21. The van der Waals surface area contributed by atoms with Gasteiger partial charge in [0.1, 0.15) is 17.7 Å². The van der Waals surface area contributed by atoms with Gasteiger partial charge in [-0.05, 0) is 18.1 Å². The van der Waals surface area contributed by atoms with E-state index in [-0.39, 0.29) is 5.56 Å². The largest absolute Gasteiger partial charge is 0.415 e. The number of nitriles is 2. The molecule has 2 rings (SSSR count). The molecule has 0 saturated heterocycles. The van der Waals surface area contributed by atoms with Gasteiger partial charge in [0.2, 0.25) is 0 Å². The summed E-state index contributed by atoms with van der Waals surface area (Å²) in [6.07, 6.45) is -10.5. The Morgan fingerprint density at radius 2 is 1.74 bits per heavy atom. The number of fused-ring (bicyclic) bond motifs is 1. The number of alkyl halides is 3. The molecule has 1 aromatic rings. The molecular formula is C14H8F4N2O3. The van der Waals surface area contributed by atoms with E-state index in [0.29, 0.717) is 0 Å². The van der Waals surface area contributed by atoms with E-state index in [1.807, 2.05) is 0 Å². The van der Waals surface area contributed by atoms with Crippen molar-refractivity contribution in [2.45, 2.75) is 25.3 Å². The van der Waals surface area contributed by atoms with Crippen LogP contribution in [0.5, 0.6) is 0 Å². The van der Waals surface area contributed by atoms with Crippen LogP contribution in [0.15, 0.2) is 0 Å².